The summed E-state index contributed by atoms with van der Waals surface area (Å²) in [5.41, 5.74) is 9.28. The summed E-state index contributed by atoms with van der Waals surface area (Å²) in [5.74, 6) is -2.28. The van der Waals surface area contributed by atoms with Crippen LogP contribution in [0.25, 0.3) is 22.6 Å². The molecule has 0 spiro atoms. The lowest BCUT2D eigenvalue weighted by Crippen LogP contribution is -2.54. The maximum atomic E-state index is 13.5. The number of para-hydroxylation sites is 3. The third kappa shape index (κ3) is 6.34. The van der Waals surface area contributed by atoms with Crippen molar-refractivity contribution < 1.29 is 32.5 Å². The molecule has 0 radical (unpaired) electrons. The molecule has 2 N–H and O–H groups in total. The quantitative estimate of drug-likeness (QED) is 0.326. The van der Waals surface area contributed by atoms with E-state index in [1.165, 1.54) is 11.3 Å². The average molecular weight is 540 g/mol. The summed E-state index contributed by atoms with van der Waals surface area (Å²) < 4.78 is 33.3. The number of carbonyl (C=O) groups excluding carboxylic acids is 2. The third-order valence-electron chi connectivity index (χ3n) is 5.23. The zero-order valence-corrected chi connectivity index (χ0v) is 20.4. The van der Waals surface area contributed by atoms with Gasteiger partial charge in [0.2, 0.25) is 5.52 Å². The number of alkyl halides is 3. The number of thiazole rings is 1. The second-order valence-corrected chi connectivity index (χ2v) is 8.53. The number of aliphatic carboxylic acids is 1. The number of nitrogens with one attached hydrogen (secondary N) is 2. The van der Waals surface area contributed by atoms with Gasteiger partial charge in [0, 0.05) is 11.1 Å². The van der Waals surface area contributed by atoms with Gasteiger partial charge in [0.05, 0.1) is 12.1 Å². The van der Waals surface area contributed by atoms with Gasteiger partial charge in [0.1, 0.15) is 5.97 Å². The Morgan fingerprint density at radius 1 is 0.974 bits per heavy atom. The molecule has 3 aromatic carbocycles. The summed E-state index contributed by atoms with van der Waals surface area (Å²) in [5, 5.41) is 10.7. The molecule has 0 unspecified atom stereocenters. The van der Waals surface area contributed by atoms with Gasteiger partial charge in [0.15, 0.2) is 11.2 Å². The van der Waals surface area contributed by atoms with Crippen LogP contribution in [0.3, 0.4) is 0 Å². The van der Waals surface area contributed by atoms with E-state index in [9.17, 15) is 18.0 Å². The van der Waals surface area contributed by atoms with E-state index in [1.54, 1.807) is 15.1 Å². The van der Waals surface area contributed by atoms with E-state index in [0.717, 1.165) is 33.8 Å². The van der Waals surface area contributed by atoms with Crippen LogP contribution in [0.15, 0.2) is 95.8 Å². The highest BCUT2D eigenvalue weighted by molar-refractivity contribution is 7.07. The lowest BCUT2D eigenvalue weighted by Gasteiger charge is -2.22. The minimum Gasteiger partial charge on any atom is -0.542 e. The Balaban J connectivity index is 0.000000426. The van der Waals surface area contributed by atoms with E-state index in [-0.39, 0.29) is 6.03 Å². The smallest absolute Gasteiger partial charge is 0.430 e. The fourth-order valence-corrected chi connectivity index (χ4v) is 4.05. The number of hydrogen-bond donors (Lipinski definition) is 2. The van der Waals surface area contributed by atoms with Crippen molar-refractivity contribution in [3.63, 3.8) is 0 Å². The van der Waals surface area contributed by atoms with E-state index in [1.807, 2.05) is 90.3 Å². The van der Waals surface area contributed by atoms with E-state index in [4.69, 9.17) is 9.90 Å². The van der Waals surface area contributed by atoms with E-state index in [0.29, 0.717) is 6.54 Å². The zero-order valence-electron chi connectivity index (χ0n) is 19.6. The SMILES string of the molecule is O=C(N[n+]1c(-c2cscn2)[nH]c2ccccc21)N(Cc1ccccc1)c1ccccc1.O=C([O-])C(F)(F)F. The monoisotopic (exact) mass is 539 g/mol. The van der Waals surface area contributed by atoms with Crippen LogP contribution in [0.1, 0.15) is 5.56 Å². The van der Waals surface area contributed by atoms with Crippen molar-refractivity contribution in [1.82, 2.24) is 9.97 Å². The number of imidazole rings is 1. The lowest BCUT2D eigenvalue weighted by molar-refractivity contribution is -0.602. The number of aromatic nitrogens is 3. The lowest BCUT2D eigenvalue weighted by atomic mass is 10.2. The standard InChI is InChI=1S/C24H19N5OS.C2HF3O2/c30-24(28(19-11-5-2-6-12-19)15-18-9-3-1-4-10-18)27-29-22-14-8-7-13-20(22)26-23(29)21-16-31-17-25-21;3-2(4,5)1(6)7/h1-14,16-17H,15H2,(H,27,30);(H,6,7). The van der Waals surface area contributed by atoms with Crippen molar-refractivity contribution in [2.75, 3.05) is 10.3 Å². The first kappa shape index (κ1) is 26.4. The van der Waals surface area contributed by atoms with E-state index in [2.05, 4.69) is 15.4 Å². The van der Waals surface area contributed by atoms with Gasteiger partial charge in [0.25, 0.3) is 0 Å². The van der Waals surface area contributed by atoms with Gasteiger partial charge in [-0.3, -0.25) is 4.90 Å². The molecular weight excluding hydrogens is 519 g/mol. The fraction of sp³-hybridized carbons (Fsp3) is 0.0769. The summed E-state index contributed by atoms with van der Waals surface area (Å²) in [6, 6.07) is 27.2. The summed E-state index contributed by atoms with van der Waals surface area (Å²) in [4.78, 5) is 31.9. The van der Waals surface area contributed by atoms with E-state index >= 15 is 0 Å². The first-order valence-electron chi connectivity index (χ1n) is 11.1. The number of H-pyrrole nitrogens is 1. The number of urea groups is 1. The first-order chi connectivity index (χ1) is 18.2. The molecule has 5 aromatic rings. The number of amides is 2. The minimum atomic E-state index is -5.19. The molecule has 0 fully saturated rings. The van der Waals surface area contributed by atoms with Crippen LogP contribution < -0.4 is 20.1 Å². The molecule has 0 saturated carbocycles. The number of halogens is 3. The molecule has 0 bridgehead atoms. The van der Waals surface area contributed by atoms with Gasteiger partial charge in [-0.15, -0.1) is 16.0 Å². The molecule has 0 atom stereocenters. The number of carboxylic acid groups (broad SMARTS) is 1. The number of rotatable bonds is 5. The van der Waals surface area contributed by atoms with Crippen LogP contribution in [0.2, 0.25) is 0 Å². The summed E-state index contributed by atoms with van der Waals surface area (Å²) >= 11 is 1.51. The number of hydrogen-bond acceptors (Lipinski definition) is 5. The number of carboxylic acids is 1. The summed E-state index contributed by atoms with van der Waals surface area (Å²) in [7, 11) is 0. The van der Waals surface area contributed by atoms with Crippen molar-refractivity contribution in [1.29, 1.82) is 0 Å². The maximum absolute atomic E-state index is 13.5. The second kappa shape index (κ2) is 11.6. The molecule has 8 nitrogen and oxygen atoms in total. The molecule has 0 saturated heterocycles. The Labute approximate surface area is 218 Å². The van der Waals surface area contributed by atoms with Crippen molar-refractivity contribution in [2.24, 2.45) is 0 Å². The summed E-state index contributed by atoms with van der Waals surface area (Å²) in [6.07, 6.45) is -5.19. The van der Waals surface area contributed by atoms with Crippen molar-refractivity contribution in [3.05, 3.63) is 101 Å². The number of anilines is 1. The highest BCUT2D eigenvalue weighted by atomic mass is 32.1. The van der Waals surface area contributed by atoms with Crippen LogP contribution in [0.5, 0.6) is 0 Å². The molecular formula is C26H20F3N5O3S. The number of carbonyl (C=O) groups is 2. The largest absolute Gasteiger partial charge is 0.542 e. The molecule has 0 aliphatic rings. The summed E-state index contributed by atoms with van der Waals surface area (Å²) in [6.45, 7) is 0.450. The highest BCUT2D eigenvalue weighted by Gasteiger charge is 2.29. The van der Waals surface area contributed by atoms with Gasteiger partial charge >= 0.3 is 18.0 Å². The molecule has 2 heterocycles. The first-order valence-corrected chi connectivity index (χ1v) is 12.1. The molecule has 0 aliphatic heterocycles. The number of nitrogens with zero attached hydrogens (tertiary/aromatic N) is 3. The van der Waals surface area contributed by atoms with Crippen LogP contribution in [0, 0.1) is 0 Å². The number of aromatic amines is 1. The molecule has 2 aromatic heterocycles. The Hall–Kier alpha value is -4.71. The van der Waals surface area contributed by atoms with Gasteiger partial charge in [-0.25, -0.2) is 14.8 Å². The minimum absolute atomic E-state index is 0.235. The van der Waals surface area contributed by atoms with Gasteiger partial charge < -0.3 is 9.90 Å². The molecule has 12 heteroatoms. The van der Waals surface area contributed by atoms with Gasteiger partial charge in [-0.1, -0.05) is 60.7 Å². The van der Waals surface area contributed by atoms with E-state index < -0.39 is 12.1 Å². The second-order valence-electron chi connectivity index (χ2n) is 7.81. The predicted octanol–water partition coefficient (Wildman–Crippen LogP) is 4.25. The van der Waals surface area contributed by atoms with Crippen molar-refractivity contribution in [2.45, 2.75) is 12.7 Å². The van der Waals surface area contributed by atoms with Gasteiger partial charge in [-0.05, 0) is 29.8 Å². The Morgan fingerprint density at radius 3 is 2.18 bits per heavy atom. The Bertz CT molecular complexity index is 1510. The Kier molecular flexibility index (Phi) is 8.02. The topological polar surface area (TPSA) is 105 Å². The maximum Gasteiger partial charge on any atom is 0.430 e. The Morgan fingerprint density at radius 2 is 1.58 bits per heavy atom. The fourth-order valence-electron chi connectivity index (χ4n) is 3.51. The number of benzene rings is 3. The van der Waals surface area contributed by atoms with Crippen LogP contribution >= 0.6 is 11.3 Å². The normalized spacial score (nSPS) is 10.9. The van der Waals surface area contributed by atoms with Crippen LogP contribution in [-0.2, 0) is 11.3 Å². The molecule has 0 aliphatic carbocycles. The van der Waals surface area contributed by atoms with Crippen molar-refractivity contribution >= 4 is 40.1 Å². The number of fused-ring (bicyclic) bond motifs is 1. The molecule has 38 heavy (non-hydrogen) atoms. The van der Waals surface area contributed by atoms with Crippen molar-refractivity contribution in [3.8, 4) is 11.5 Å². The predicted molar refractivity (Wildman–Crippen MR) is 134 cm³/mol. The molecule has 194 valence electrons. The zero-order chi connectivity index (χ0) is 27.1. The average Bonchev–Trinajstić information content (AvgIpc) is 3.57. The third-order valence-corrected chi connectivity index (χ3v) is 5.82. The van der Waals surface area contributed by atoms with Gasteiger partial charge in [-0.2, -0.15) is 18.6 Å². The molecule has 5 rings (SSSR count). The molecule has 2 amide bonds. The van der Waals surface area contributed by atoms with Crippen LogP contribution in [0.4, 0.5) is 23.7 Å². The van der Waals surface area contributed by atoms with Crippen LogP contribution in [-0.4, -0.2) is 28.1 Å². The highest BCUT2D eigenvalue weighted by Crippen LogP contribution is 2.20.